The van der Waals surface area contributed by atoms with Crippen molar-refractivity contribution in [2.75, 3.05) is 10.6 Å². The van der Waals surface area contributed by atoms with Crippen LogP contribution in [0.25, 0.3) is 0 Å². The molecule has 0 spiro atoms. The van der Waals surface area contributed by atoms with E-state index in [0.717, 1.165) is 19.3 Å². The lowest BCUT2D eigenvalue weighted by molar-refractivity contribution is -0.119. The predicted octanol–water partition coefficient (Wildman–Crippen LogP) is 3.43. The van der Waals surface area contributed by atoms with Crippen LogP contribution in [0.1, 0.15) is 46.0 Å². The van der Waals surface area contributed by atoms with Crippen molar-refractivity contribution >= 4 is 40.5 Å². The number of carbonyl (C=O) groups is 2. The van der Waals surface area contributed by atoms with Gasteiger partial charge in [0.25, 0.3) is 0 Å². The van der Waals surface area contributed by atoms with E-state index in [0.29, 0.717) is 24.2 Å². The van der Waals surface area contributed by atoms with E-state index in [4.69, 9.17) is 12.2 Å². The second-order valence-corrected chi connectivity index (χ2v) is 5.35. The highest BCUT2D eigenvalue weighted by molar-refractivity contribution is 7.80. The first kappa shape index (κ1) is 18.1. The molecule has 6 heteroatoms. The Bertz CT molecular complexity index is 532. The van der Waals surface area contributed by atoms with Crippen molar-refractivity contribution in [2.45, 2.75) is 46.0 Å². The summed E-state index contributed by atoms with van der Waals surface area (Å²) >= 11 is 5.11. The molecular weight excluding hydrogens is 298 g/mol. The molecule has 5 nitrogen and oxygen atoms in total. The Hall–Kier alpha value is -1.95. The van der Waals surface area contributed by atoms with Crippen LogP contribution < -0.4 is 16.0 Å². The van der Waals surface area contributed by atoms with Gasteiger partial charge in [-0.15, -0.1) is 0 Å². The molecule has 3 N–H and O–H groups in total. The lowest BCUT2D eigenvalue weighted by Gasteiger charge is -2.11. The standard InChI is InChI=1S/C16H23N3O2S/c1-3-5-6-10-15(21)19-16(22)18-13-9-7-8-12(11-13)17-14(20)4-2/h7-9,11H,3-6,10H2,1-2H3,(H,17,20)(H2,18,19,21,22). The van der Waals surface area contributed by atoms with E-state index >= 15 is 0 Å². The van der Waals surface area contributed by atoms with Crippen molar-refractivity contribution in [3.63, 3.8) is 0 Å². The highest BCUT2D eigenvalue weighted by Gasteiger charge is 2.05. The van der Waals surface area contributed by atoms with Crippen molar-refractivity contribution < 1.29 is 9.59 Å². The number of thiocarbonyl (C=S) groups is 1. The SMILES string of the molecule is CCCCCC(=O)NC(=S)Nc1cccc(NC(=O)CC)c1. The largest absolute Gasteiger partial charge is 0.332 e. The molecule has 0 aromatic heterocycles. The fourth-order valence-corrected chi connectivity index (χ4v) is 2.04. The van der Waals surface area contributed by atoms with Crippen molar-refractivity contribution in [3.05, 3.63) is 24.3 Å². The molecule has 0 saturated carbocycles. The second kappa shape index (κ2) is 9.89. The monoisotopic (exact) mass is 321 g/mol. The third-order valence-corrected chi connectivity index (χ3v) is 3.19. The number of nitrogens with one attached hydrogen (secondary N) is 3. The molecule has 0 aliphatic carbocycles. The number of rotatable bonds is 7. The number of hydrogen-bond acceptors (Lipinski definition) is 3. The van der Waals surface area contributed by atoms with Crippen molar-refractivity contribution in [1.82, 2.24) is 5.32 Å². The summed E-state index contributed by atoms with van der Waals surface area (Å²) in [5.41, 5.74) is 1.40. The molecule has 22 heavy (non-hydrogen) atoms. The first-order valence-corrected chi connectivity index (χ1v) is 7.96. The summed E-state index contributed by atoms with van der Waals surface area (Å²) in [7, 11) is 0. The number of hydrogen-bond donors (Lipinski definition) is 3. The molecule has 2 amide bonds. The molecule has 0 heterocycles. The summed E-state index contributed by atoms with van der Waals surface area (Å²) in [6.45, 7) is 3.88. The summed E-state index contributed by atoms with van der Waals surface area (Å²) in [6.07, 6.45) is 3.87. The van der Waals surface area contributed by atoms with E-state index in [1.54, 1.807) is 25.1 Å². The first-order chi connectivity index (χ1) is 10.5. The van der Waals surface area contributed by atoms with Gasteiger partial charge in [-0.1, -0.05) is 32.8 Å². The zero-order valence-corrected chi connectivity index (χ0v) is 13.9. The molecule has 0 unspecified atom stereocenters. The predicted molar refractivity (Wildman–Crippen MR) is 93.9 cm³/mol. The number of carbonyl (C=O) groups excluding carboxylic acids is 2. The van der Waals surface area contributed by atoms with Gasteiger partial charge in [-0.2, -0.15) is 0 Å². The quantitative estimate of drug-likeness (QED) is 0.531. The molecule has 0 aliphatic heterocycles. The third-order valence-electron chi connectivity index (χ3n) is 2.99. The molecule has 1 aromatic rings. The minimum atomic E-state index is -0.0820. The van der Waals surface area contributed by atoms with Gasteiger partial charge >= 0.3 is 0 Å². The van der Waals surface area contributed by atoms with E-state index in [1.165, 1.54) is 0 Å². The van der Waals surface area contributed by atoms with Gasteiger partial charge in [0.15, 0.2) is 5.11 Å². The zero-order chi connectivity index (χ0) is 16.4. The third kappa shape index (κ3) is 7.17. The molecule has 0 atom stereocenters. The zero-order valence-electron chi connectivity index (χ0n) is 13.1. The number of benzene rings is 1. The normalized spacial score (nSPS) is 9.91. The van der Waals surface area contributed by atoms with Crippen LogP contribution in [-0.4, -0.2) is 16.9 Å². The van der Waals surface area contributed by atoms with E-state index in [2.05, 4.69) is 22.9 Å². The van der Waals surface area contributed by atoms with Crippen molar-refractivity contribution in [2.24, 2.45) is 0 Å². The van der Waals surface area contributed by atoms with Crippen LogP contribution in [0.15, 0.2) is 24.3 Å². The Morgan fingerprint density at radius 2 is 1.73 bits per heavy atom. The fraction of sp³-hybridized carbons (Fsp3) is 0.438. The van der Waals surface area contributed by atoms with Gasteiger partial charge in [0.1, 0.15) is 0 Å². The number of amides is 2. The molecular formula is C16H23N3O2S. The second-order valence-electron chi connectivity index (χ2n) is 4.94. The molecule has 0 saturated heterocycles. The van der Waals surface area contributed by atoms with Gasteiger partial charge < -0.3 is 16.0 Å². The van der Waals surface area contributed by atoms with Gasteiger partial charge in [-0.05, 0) is 36.8 Å². The maximum atomic E-state index is 11.7. The maximum Gasteiger partial charge on any atom is 0.226 e. The van der Waals surface area contributed by atoms with Crippen LogP contribution in [0.3, 0.4) is 0 Å². The van der Waals surface area contributed by atoms with Crippen molar-refractivity contribution in [1.29, 1.82) is 0 Å². The maximum absolute atomic E-state index is 11.7. The number of unbranched alkanes of at least 4 members (excludes halogenated alkanes) is 2. The molecule has 0 radical (unpaired) electrons. The Morgan fingerprint density at radius 3 is 2.36 bits per heavy atom. The van der Waals surface area contributed by atoms with Gasteiger partial charge in [0, 0.05) is 24.2 Å². The van der Waals surface area contributed by atoms with Gasteiger partial charge in [0.05, 0.1) is 0 Å². The van der Waals surface area contributed by atoms with Gasteiger partial charge in [-0.3, -0.25) is 9.59 Å². The lowest BCUT2D eigenvalue weighted by atomic mass is 10.2. The lowest BCUT2D eigenvalue weighted by Crippen LogP contribution is -2.33. The summed E-state index contributed by atoms with van der Waals surface area (Å²) in [5.74, 6) is -0.134. The highest BCUT2D eigenvalue weighted by atomic mass is 32.1. The summed E-state index contributed by atoms with van der Waals surface area (Å²) < 4.78 is 0. The fourth-order valence-electron chi connectivity index (χ4n) is 1.81. The van der Waals surface area contributed by atoms with Crippen LogP contribution in [0.4, 0.5) is 11.4 Å². The van der Waals surface area contributed by atoms with E-state index < -0.39 is 0 Å². The molecule has 1 rings (SSSR count). The van der Waals surface area contributed by atoms with Crippen LogP contribution in [0.2, 0.25) is 0 Å². The molecule has 0 bridgehead atoms. The first-order valence-electron chi connectivity index (χ1n) is 7.56. The molecule has 1 aromatic carbocycles. The summed E-state index contributed by atoms with van der Waals surface area (Å²) in [5, 5.41) is 8.63. The number of anilines is 2. The van der Waals surface area contributed by atoms with Gasteiger partial charge in [0.2, 0.25) is 11.8 Å². The topological polar surface area (TPSA) is 70.2 Å². The molecule has 0 aliphatic rings. The Morgan fingerprint density at radius 1 is 1.05 bits per heavy atom. The minimum Gasteiger partial charge on any atom is -0.332 e. The van der Waals surface area contributed by atoms with E-state index in [9.17, 15) is 9.59 Å². The van der Waals surface area contributed by atoms with E-state index in [1.807, 2.05) is 6.07 Å². The Kier molecular flexibility index (Phi) is 8.14. The Labute approximate surface area is 136 Å². The minimum absolute atomic E-state index is 0.0519. The van der Waals surface area contributed by atoms with Crippen LogP contribution in [0, 0.1) is 0 Å². The smallest absolute Gasteiger partial charge is 0.226 e. The highest BCUT2D eigenvalue weighted by Crippen LogP contribution is 2.15. The summed E-state index contributed by atoms with van der Waals surface area (Å²) in [6, 6.07) is 7.19. The Balaban J connectivity index is 2.48. The van der Waals surface area contributed by atoms with Crippen LogP contribution in [-0.2, 0) is 9.59 Å². The van der Waals surface area contributed by atoms with Crippen LogP contribution >= 0.6 is 12.2 Å². The molecule has 0 fully saturated rings. The van der Waals surface area contributed by atoms with E-state index in [-0.39, 0.29) is 16.9 Å². The van der Waals surface area contributed by atoms with Gasteiger partial charge in [-0.25, -0.2) is 0 Å². The average Bonchev–Trinajstić information content (AvgIpc) is 2.47. The van der Waals surface area contributed by atoms with Crippen LogP contribution in [0.5, 0.6) is 0 Å². The summed E-state index contributed by atoms with van der Waals surface area (Å²) in [4.78, 5) is 23.0. The molecule has 120 valence electrons. The average molecular weight is 321 g/mol. The van der Waals surface area contributed by atoms with Crippen molar-refractivity contribution in [3.8, 4) is 0 Å².